The minimum atomic E-state index is 0.872. The lowest BCUT2D eigenvalue weighted by Crippen LogP contribution is -2.19. The Morgan fingerprint density at radius 3 is 2.86 bits per heavy atom. The molecule has 0 atom stereocenters. The maximum atomic E-state index is 4.88. The number of nitrogens with one attached hydrogen (secondary N) is 1. The molecule has 0 unspecified atom stereocenters. The van der Waals surface area contributed by atoms with E-state index in [1.165, 1.54) is 0 Å². The van der Waals surface area contributed by atoms with Crippen LogP contribution in [-0.2, 0) is 4.84 Å². The third-order valence-electron chi connectivity index (χ3n) is 1.08. The van der Waals surface area contributed by atoms with Crippen LogP contribution in [0.4, 0.5) is 0 Å². The first kappa shape index (κ1) is 5.03. The molecule has 0 spiro atoms. The van der Waals surface area contributed by atoms with Crippen LogP contribution < -0.4 is 5.32 Å². The fourth-order valence-electron chi connectivity index (χ4n) is 0.642. The normalized spacial score (nSPS) is 23.6. The average molecular weight is 102 g/mol. The lowest BCUT2D eigenvalue weighted by molar-refractivity contribution is -0.112. The molecule has 3 heteroatoms. The molecule has 1 heterocycles. The van der Waals surface area contributed by atoms with Gasteiger partial charge in [-0.15, -0.1) is 0 Å². The summed E-state index contributed by atoms with van der Waals surface area (Å²) in [5, 5.41) is 5.00. The molecule has 0 radical (unpaired) electrons. The van der Waals surface area contributed by atoms with Crippen molar-refractivity contribution in [2.24, 2.45) is 0 Å². The van der Waals surface area contributed by atoms with E-state index in [2.05, 4.69) is 5.32 Å². The maximum absolute atomic E-state index is 4.88. The summed E-state index contributed by atoms with van der Waals surface area (Å²) in [6.07, 6.45) is 0. The minimum Gasteiger partial charge on any atom is -0.301 e. The van der Waals surface area contributed by atoms with Crippen LogP contribution in [0.1, 0.15) is 0 Å². The Labute approximate surface area is 43.2 Å². The van der Waals surface area contributed by atoms with Gasteiger partial charge >= 0.3 is 0 Å². The van der Waals surface area contributed by atoms with Gasteiger partial charge < -0.3 is 10.2 Å². The third kappa shape index (κ3) is 1.12. The van der Waals surface area contributed by atoms with Crippen molar-refractivity contribution in [1.29, 1.82) is 0 Å². The molecular formula is C4H10N2O. The Bertz CT molecular complexity index is 51.7. The molecule has 1 aliphatic heterocycles. The second-order valence-corrected chi connectivity index (χ2v) is 1.55. The average Bonchev–Trinajstić information content (AvgIpc) is 2.14. The van der Waals surface area contributed by atoms with Crippen LogP contribution in [0.2, 0.25) is 0 Å². The second kappa shape index (κ2) is 2.26. The van der Waals surface area contributed by atoms with Crippen LogP contribution in [0.3, 0.4) is 0 Å². The highest BCUT2D eigenvalue weighted by Crippen LogP contribution is 1.88. The van der Waals surface area contributed by atoms with Gasteiger partial charge in [-0.05, 0) is 0 Å². The molecule has 0 bridgehead atoms. The van der Waals surface area contributed by atoms with Gasteiger partial charge in [-0.1, -0.05) is 0 Å². The molecule has 7 heavy (non-hydrogen) atoms. The molecule has 1 N–H and O–H groups in total. The minimum absolute atomic E-state index is 0.872. The van der Waals surface area contributed by atoms with Gasteiger partial charge in [0, 0.05) is 13.1 Å². The molecular weight excluding hydrogens is 92.1 g/mol. The molecule has 0 saturated carbocycles. The maximum Gasteiger partial charge on any atom is 0.0732 e. The largest absolute Gasteiger partial charge is 0.301 e. The number of nitrogens with zero attached hydrogens (tertiary/aromatic N) is 1. The molecule has 1 fully saturated rings. The highest BCUT2D eigenvalue weighted by molar-refractivity contribution is 4.55. The quantitative estimate of drug-likeness (QED) is 0.479. The summed E-state index contributed by atoms with van der Waals surface area (Å²) in [6, 6.07) is 0. The first-order valence-corrected chi connectivity index (χ1v) is 2.43. The topological polar surface area (TPSA) is 24.5 Å². The zero-order valence-electron chi connectivity index (χ0n) is 4.48. The Hall–Kier alpha value is -0.120. The van der Waals surface area contributed by atoms with Gasteiger partial charge in [0.25, 0.3) is 0 Å². The van der Waals surface area contributed by atoms with Crippen LogP contribution in [0.15, 0.2) is 0 Å². The molecule has 0 aliphatic carbocycles. The molecule has 0 aromatic heterocycles. The zero-order chi connectivity index (χ0) is 5.11. The van der Waals surface area contributed by atoms with Gasteiger partial charge in [-0.25, -0.2) is 0 Å². The first-order valence-electron chi connectivity index (χ1n) is 2.43. The monoisotopic (exact) mass is 102 g/mol. The standard InChI is InChI=1S/C4H10N2O/c1-7-6-3-2-5-4-6/h5H,2-4H2,1H3. The SMILES string of the molecule is CON1CCNC1. The molecule has 0 amide bonds. The highest BCUT2D eigenvalue weighted by atomic mass is 16.7. The van der Waals surface area contributed by atoms with Crippen LogP contribution in [0.25, 0.3) is 0 Å². The van der Waals surface area contributed by atoms with Gasteiger partial charge in [0.15, 0.2) is 0 Å². The van der Waals surface area contributed by atoms with Crippen molar-refractivity contribution in [3.05, 3.63) is 0 Å². The zero-order valence-corrected chi connectivity index (χ0v) is 4.48. The van der Waals surface area contributed by atoms with E-state index in [1.807, 2.05) is 5.06 Å². The fraction of sp³-hybridized carbons (Fsp3) is 1.00. The smallest absolute Gasteiger partial charge is 0.0732 e. The van der Waals surface area contributed by atoms with Gasteiger partial charge in [0.1, 0.15) is 0 Å². The van der Waals surface area contributed by atoms with Gasteiger partial charge in [-0.3, -0.25) is 0 Å². The summed E-state index contributed by atoms with van der Waals surface area (Å²) < 4.78 is 0. The van der Waals surface area contributed by atoms with Crippen molar-refractivity contribution >= 4 is 0 Å². The van der Waals surface area contributed by atoms with Crippen molar-refractivity contribution in [1.82, 2.24) is 10.4 Å². The van der Waals surface area contributed by atoms with Crippen molar-refractivity contribution in [3.63, 3.8) is 0 Å². The van der Waals surface area contributed by atoms with Crippen molar-refractivity contribution < 1.29 is 4.84 Å². The molecule has 1 saturated heterocycles. The molecule has 0 aromatic rings. The summed E-state index contributed by atoms with van der Waals surface area (Å²) in [5.74, 6) is 0. The van der Waals surface area contributed by atoms with Gasteiger partial charge in [-0.2, -0.15) is 5.06 Å². The lowest BCUT2D eigenvalue weighted by Gasteiger charge is -2.07. The predicted molar refractivity (Wildman–Crippen MR) is 26.6 cm³/mol. The number of hydrogen-bond donors (Lipinski definition) is 1. The van der Waals surface area contributed by atoms with Crippen molar-refractivity contribution in [3.8, 4) is 0 Å². The summed E-state index contributed by atoms with van der Waals surface area (Å²) in [6.45, 7) is 2.93. The third-order valence-corrected chi connectivity index (χ3v) is 1.08. The summed E-state index contributed by atoms with van der Waals surface area (Å²) in [7, 11) is 1.69. The summed E-state index contributed by atoms with van der Waals surface area (Å²) in [4.78, 5) is 4.88. The van der Waals surface area contributed by atoms with E-state index in [4.69, 9.17) is 4.84 Å². The van der Waals surface area contributed by atoms with Crippen molar-refractivity contribution in [2.75, 3.05) is 26.9 Å². The van der Waals surface area contributed by atoms with Crippen LogP contribution >= 0.6 is 0 Å². The van der Waals surface area contributed by atoms with E-state index in [9.17, 15) is 0 Å². The van der Waals surface area contributed by atoms with Crippen LogP contribution in [-0.4, -0.2) is 31.9 Å². The Morgan fingerprint density at radius 2 is 2.57 bits per heavy atom. The molecule has 1 rings (SSSR count). The Balaban J connectivity index is 2.14. The summed E-state index contributed by atoms with van der Waals surface area (Å²) >= 11 is 0. The van der Waals surface area contributed by atoms with Crippen LogP contribution in [0, 0.1) is 0 Å². The molecule has 1 aliphatic rings. The molecule has 42 valence electrons. The van der Waals surface area contributed by atoms with E-state index in [0.717, 1.165) is 19.8 Å². The number of rotatable bonds is 1. The van der Waals surface area contributed by atoms with E-state index < -0.39 is 0 Å². The number of hydrogen-bond acceptors (Lipinski definition) is 3. The van der Waals surface area contributed by atoms with Gasteiger partial charge in [0.05, 0.1) is 13.8 Å². The lowest BCUT2D eigenvalue weighted by atomic mass is 10.7. The predicted octanol–water partition coefficient (Wildman–Crippen LogP) is -0.590. The number of hydroxylamine groups is 2. The van der Waals surface area contributed by atoms with Gasteiger partial charge in [0.2, 0.25) is 0 Å². The Kier molecular flexibility index (Phi) is 1.62. The van der Waals surface area contributed by atoms with E-state index in [1.54, 1.807) is 7.11 Å². The second-order valence-electron chi connectivity index (χ2n) is 1.55. The first-order chi connectivity index (χ1) is 3.43. The summed E-state index contributed by atoms with van der Waals surface area (Å²) in [5.41, 5.74) is 0. The highest BCUT2D eigenvalue weighted by Gasteiger charge is 2.07. The van der Waals surface area contributed by atoms with Crippen LogP contribution in [0.5, 0.6) is 0 Å². The molecule has 0 aromatic carbocycles. The Morgan fingerprint density at radius 1 is 1.71 bits per heavy atom. The van der Waals surface area contributed by atoms with E-state index in [0.29, 0.717) is 0 Å². The van der Waals surface area contributed by atoms with E-state index in [-0.39, 0.29) is 0 Å². The van der Waals surface area contributed by atoms with Crippen molar-refractivity contribution in [2.45, 2.75) is 0 Å². The van der Waals surface area contributed by atoms with E-state index >= 15 is 0 Å². The fourth-order valence-corrected chi connectivity index (χ4v) is 0.642. The molecule has 3 nitrogen and oxygen atoms in total.